The largest absolute Gasteiger partial charge is 0.375 e. The van der Waals surface area contributed by atoms with E-state index >= 15 is 0 Å². The van der Waals surface area contributed by atoms with Crippen LogP contribution in [0.3, 0.4) is 0 Å². The first-order chi connectivity index (χ1) is 27.0. The predicted octanol–water partition coefficient (Wildman–Crippen LogP) is 13.7. The minimum absolute atomic E-state index is 0.0283. The molecule has 0 N–H and O–H groups in total. The van der Waals surface area contributed by atoms with Gasteiger partial charge in [0.2, 0.25) is 0 Å². The minimum Gasteiger partial charge on any atom is -0.375 e. The van der Waals surface area contributed by atoms with E-state index in [0.29, 0.717) is 0 Å². The van der Waals surface area contributed by atoms with E-state index in [-0.39, 0.29) is 17.7 Å². The molecule has 56 heavy (non-hydrogen) atoms. The van der Waals surface area contributed by atoms with E-state index in [2.05, 4.69) is 179 Å². The fourth-order valence-electron chi connectivity index (χ4n) is 9.99. The van der Waals surface area contributed by atoms with Gasteiger partial charge in [-0.25, -0.2) is 0 Å². The Balaban J connectivity index is 1.30. The first-order valence-corrected chi connectivity index (χ1v) is 21.5. The molecule has 0 atom stereocenters. The number of aromatic nitrogens is 1. The Hall–Kier alpha value is -5.36. The van der Waals surface area contributed by atoms with Gasteiger partial charge in [0.15, 0.2) is 0 Å². The first kappa shape index (κ1) is 32.8. The van der Waals surface area contributed by atoms with Crippen LogP contribution in [-0.2, 0) is 10.8 Å². The molecule has 270 valence electrons. The van der Waals surface area contributed by atoms with Gasteiger partial charge in [0, 0.05) is 69.0 Å². The molecule has 5 heterocycles. The van der Waals surface area contributed by atoms with Crippen molar-refractivity contribution in [2.24, 2.45) is 0 Å². The molecular weight excluding hydrogens is 716 g/mol. The number of hydrogen-bond donors (Lipinski definition) is 0. The second-order valence-electron chi connectivity index (χ2n) is 18.2. The quantitative estimate of drug-likeness (QED) is 0.151. The molecule has 0 aliphatic carbocycles. The molecule has 0 fully saturated rings. The lowest BCUT2D eigenvalue weighted by Gasteiger charge is -2.43. The van der Waals surface area contributed by atoms with Crippen LogP contribution in [0, 0.1) is 6.92 Å². The fraction of sp³-hybridized carbons (Fsp3) is 0.176. The van der Waals surface area contributed by atoms with Crippen LogP contribution in [0.1, 0.15) is 58.2 Å². The molecule has 0 saturated carbocycles. The summed E-state index contributed by atoms with van der Waals surface area (Å²) < 4.78 is 8.02. The highest BCUT2D eigenvalue weighted by atomic mass is 32.1. The number of nitrogens with zero attached hydrogens (tertiary/aromatic N) is 2. The molecule has 0 spiro atoms. The summed E-state index contributed by atoms with van der Waals surface area (Å²) in [4.78, 5) is 2.75. The summed E-state index contributed by atoms with van der Waals surface area (Å²) in [5.41, 5.74) is 16.1. The number of aryl methyl sites for hydroxylation is 1. The lowest BCUT2D eigenvalue weighted by Crippen LogP contribution is -2.60. The van der Waals surface area contributed by atoms with Crippen molar-refractivity contribution < 1.29 is 0 Å². The molecule has 0 radical (unpaired) electrons. The topological polar surface area (TPSA) is 8.17 Å². The zero-order valence-electron chi connectivity index (χ0n) is 32.8. The van der Waals surface area contributed by atoms with Crippen LogP contribution in [0.2, 0.25) is 0 Å². The minimum atomic E-state index is -0.0384. The van der Waals surface area contributed by atoms with E-state index in [9.17, 15) is 0 Å². The number of rotatable bonds is 1. The van der Waals surface area contributed by atoms with E-state index < -0.39 is 0 Å². The average molecular weight is 757 g/mol. The third kappa shape index (κ3) is 4.28. The Morgan fingerprint density at radius 3 is 1.91 bits per heavy atom. The summed E-state index contributed by atoms with van der Waals surface area (Å²) in [5.74, 6) is 0. The normalized spacial score (nSPS) is 13.9. The van der Waals surface area contributed by atoms with Gasteiger partial charge >= 0.3 is 6.85 Å². The maximum absolute atomic E-state index is 2.75. The molecule has 5 heteroatoms. The highest BCUT2D eigenvalue weighted by Gasteiger charge is 2.45. The summed E-state index contributed by atoms with van der Waals surface area (Å²) in [6.07, 6.45) is 0. The number of benzene rings is 7. The summed E-state index contributed by atoms with van der Waals surface area (Å²) >= 11 is 3.88. The van der Waals surface area contributed by atoms with Crippen LogP contribution in [-0.4, -0.2) is 11.4 Å². The van der Waals surface area contributed by atoms with Crippen LogP contribution >= 0.6 is 22.7 Å². The molecule has 2 aliphatic rings. The fourth-order valence-corrected chi connectivity index (χ4v) is 12.5. The molecule has 0 bridgehead atoms. The smallest absolute Gasteiger partial charge is 0.333 e. The van der Waals surface area contributed by atoms with E-state index in [0.717, 1.165) is 0 Å². The predicted molar refractivity (Wildman–Crippen MR) is 248 cm³/mol. The third-order valence-electron chi connectivity index (χ3n) is 12.7. The number of anilines is 2. The van der Waals surface area contributed by atoms with Crippen molar-refractivity contribution in [1.82, 2.24) is 4.57 Å². The Morgan fingerprint density at radius 2 is 1.18 bits per heavy atom. The van der Waals surface area contributed by atoms with Gasteiger partial charge in [-0.05, 0) is 99.5 Å². The van der Waals surface area contributed by atoms with Crippen molar-refractivity contribution in [1.29, 1.82) is 0 Å². The summed E-state index contributed by atoms with van der Waals surface area (Å²) in [6, 6.07) is 47.0. The standard InChI is InChI=1S/C51H41BN2S2/c1-28-23-37-45-40(22-20-34-32-14-9-11-18-44(32)56-49(34)45)54(41-16-12-15-33-31-13-8-10-17-43(31)55-48(33)41)52-38-27-30(51(5,6)7)26-36-35-25-29(50(2,3)4)19-21-39(35)53(47(36)38)42(24-28)46(37)52/h8-27H,1-7H3. The Morgan fingerprint density at radius 1 is 0.518 bits per heavy atom. The van der Waals surface area contributed by atoms with Crippen molar-refractivity contribution in [2.45, 2.75) is 59.3 Å². The van der Waals surface area contributed by atoms with Crippen molar-refractivity contribution in [2.75, 3.05) is 4.81 Å². The van der Waals surface area contributed by atoms with Gasteiger partial charge in [-0.15, -0.1) is 22.7 Å². The van der Waals surface area contributed by atoms with Crippen LogP contribution in [0.5, 0.6) is 0 Å². The molecule has 0 unspecified atom stereocenters. The van der Waals surface area contributed by atoms with Crippen LogP contribution in [0.15, 0.2) is 121 Å². The summed E-state index contributed by atoms with van der Waals surface area (Å²) in [7, 11) is 0. The maximum atomic E-state index is 2.75. The highest BCUT2D eigenvalue weighted by Crippen LogP contribution is 2.52. The molecule has 2 aliphatic heterocycles. The second kappa shape index (κ2) is 10.9. The zero-order chi connectivity index (χ0) is 38.0. The summed E-state index contributed by atoms with van der Waals surface area (Å²) in [5, 5.41) is 8.04. The van der Waals surface area contributed by atoms with Crippen LogP contribution < -0.4 is 15.7 Å². The number of fused-ring (bicyclic) bond motifs is 14. The van der Waals surface area contributed by atoms with Gasteiger partial charge in [-0.3, -0.25) is 0 Å². The third-order valence-corrected chi connectivity index (χ3v) is 15.1. The lowest BCUT2D eigenvalue weighted by molar-refractivity contribution is 0.590. The Kier molecular flexibility index (Phi) is 6.41. The number of thiophene rings is 2. The molecule has 2 nitrogen and oxygen atoms in total. The van der Waals surface area contributed by atoms with Crippen molar-refractivity contribution in [3.05, 3.63) is 138 Å². The molecule has 12 rings (SSSR count). The van der Waals surface area contributed by atoms with E-state index in [4.69, 9.17) is 0 Å². The van der Waals surface area contributed by atoms with Crippen LogP contribution in [0.25, 0.3) is 79.0 Å². The molecular formula is C51H41BN2S2. The molecule has 10 aromatic rings. The average Bonchev–Trinajstić information content (AvgIpc) is 3.85. The van der Waals surface area contributed by atoms with Gasteiger partial charge in [0.1, 0.15) is 0 Å². The van der Waals surface area contributed by atoms with Gasteiger partial charge in [-0.2, -0.15) is 0 Å². The van der Waals surface area contributed by atoms with Crippen molar-refractivity contribution in [3.8, 4) is 16.8 Å². The van der Waals surface area contributed by atoms with Gasteiger partial charge in [0.25, 0.3) is 0 Å². The lowest BCUT2D eigenvalue weighted by atomic mass is 9.43. The monoisotopic (exact) mass is 756 g/mol. The zero-order valence-corrected chi connectivity index (χ0v) is 34.5. The van der Waals surface area contributed by atoms with Crippen molar-refractivity contribution in [3.63, 3.8) is 0 Å². The van der Waals surface area contributed by atoms with Gasteiger partial charge in [-0.1, -0.05) is 114 Å². The van der Waals surface area contributed by atoms with Crippen LogP contribution in [0.4, 0.5) is 11.4 Å². The van der Waals surface area contributed by atoms with E-state index in [1.54, 1.807) is 0 Å². The van der Waals surface area contributed by atoms with E-state index in [1.165, 1.54) is 118 Å². The van der Waals surface area contributed by atoms with Gasteiger partial charge in [0.05, 0.1) is 15.7 Å². The SMILES string of the molecule is Cc1cc2c3c(c1)-n1c4ccc(C(C)(C)C)cc4c4cc(C(C)(C)C)cc(c41)B3N(c1cccc3c1sc1ccccc13)c1ccc3c(sc4ccccc43)c1-2. The molecule has 3 aromatic heterocycles. The van der Waals surface area contributed by atoms with Crippen molar-refractivity contribution >= 4 is 114 Å². The Bertz CT molecular complexity index is 3360. The molecule has 7 aromatic carbocycles. The highest BCUT2D eigenvalue weighted by molar-refractivity contribution is 7.27. The second-order valence-corrected chi connectivity index (χ2v) is 20.3. The maximum Gasteiger partial charge on any atom is 0.333 e. The number of hydrogen-bond acceptors (Lipinski definition) is 3. The van der Waals surface area contributed by atoms with E-state index in [1.807, 2.05) is 22.7 Å². The first-order valence-electron chi connectivity index (χ1n) is 19.9. The Labute approximate surface area is 335 Å². The summed E-state index contributed by atoms with van der Waals surface area (Å²) in [6.45, 7) is 16.4. The molecule has 0 saturated heterocycles. The van der Waals surface area contributed by atoms with Gasteiger partial charge < -0.3 is 9.38 Å². The molecule has 0 amide bonds.